The Labute approximate surface area is 172 Å². The van der Waals surface area contributed by atoms with Gasteiger partial charge in [0.05, 0.1) is 18.5 Å². The maximum Gasteiger partial charge on any atom is 0.326 e. The van der Waals surface area contributed by atoms with Gasteiger partial charge in [0.15, 0.2) is 17.6 Å². The molecule has 10 nitrogen and oxygen atoms in total. The lowest BCUT2D eigenvalue weighted by Gasteiger charge is -2.13. The zero-order chi connectivity index (χ0) is 22.4. The van der Waals surface area contributed by atoms with E-state index < -0.39 is 36.2 Å². The van der Waals surface area contributed by atoms with E-state index in [1.807, 2.05) is 0 Å². The number of aromatic amines is 1. The van der Waals surface area contributed by atoms with Crippen molar-refractivity contribution in [2.75, 3.05) is 13.1 Å². The van der Waals surface area contributed by atoms with Crippen LogP contribution in [0.3, 0.4) is 0 Å². The van der Waals surface area contributed by atoms with Crippen LogP contribution in [-0.2, 0) is 14.3 Å². The molecular weight excluding hydrogens is 394 g/mol. The number of aryl methyl sites for hydroxylation is 1. The minimum absolute atomic E-state index is 0.0531. The van der Waals surface area contributed by atoms with E-state index in [-0.39, 0.29) is 23.8 Å². The summed E-state index contributed by atoms with van der Waals surface area (Å²) in [4.78, 5) is 62.4. The second-order valence-corrected chi connectivity index (χ2v) is 6.61. The number of esters is 1. The molecule has 2 heterocycles. The molecule has 160 valence electrons. The van der Waals surface area contributed by atoms with Crippen LogP contribution < -0.4 is 10.6 Å². The largest absolute Gasteiger partial charge is 0.459 e. The minimum atomic E-state index is -1.12. The molecule has 30 heavy (non-hydrogen) atoms. The van der Waals surface area contributed by atoms with Gasteiger partial charge in [-0.15, -0.1) is 0 Å². The molecule has 0 saturated heterocycles. The summed E-state index contributed by atoms with van der Waals surface area (Å²) in [5.41, 5.74) is 1.68. The Morgan fingerprint density at radius 3 is 2.40 bits per heavy atom. The molecule has 3 N–H and O–H groups in total. The molecule has 0 aliphatic heterocycles. The average molecular weight is 417 g/mol. The molecule has 10 heteroatoms. The lowest BCUT2D eigenvalue weighted by molar-refractivity contribution is -0.146. The summed E-state index contributed by atoms with van der Waals surface area (Å²) >= 11 is 0. The molecule has 0 aliphatic rings. The Hall–Kier alpha value is -3.69. The molecule has 0 aliphatic carbocycles. The third kappa shape index (κ3) is 5.43. The maximum absolute atomic E-state index is 12.6. The minimum Gasteiger partial charge on any atom is -0.459 e. The van der Waals surface area contributed by atoms with Crippen molar-refractivity contribution in [3.05, 3.63) is 46.7 Å². The van der Waals surface area contributed by atoms with E-state index in [4.69, 9.17) is 9.15 Å². The first-order valence-corrected chi connectivity index (χ1v) is 9.14. The molecule has 0 fully saturated rings. The van der Waals surface area contributed by atoms with Gasteiger partial charge in [-0.3, -0.25) is 24.0 Å². The number of aromatic nitrogens is 1. The van der Waals surface area contributed by atoms with Crippen LogP contribution in [0.2, 0.25) is 0 Å². The van der Waals surface area contributed by atoms with Gasteiger partial charge in [0.25, 0.3) is 5.91 Å². The zero-order valence-electron chi connectivity index (χ0n) is 17.1. The van der Waals surface area contributed by atoms with Crippen LogP contribution in [0.1, 0.15) is 56.5 Å². The van der Waals surface area contributed by atoms with Crippen molar-refractivity contribution in [3.8, 4) is 0 Å². The van der Waals surface area contributed by atoms with Gasteiger partial charge in [-0.2, -0.15) is 0 Å². The van der Waals surface area contributed by atoms with Gasteiger partial charge >= 0.3 is 5.97 Å². The summed E-state index contributed by atoms with van der Waals surface area (Å²) in [6.07, 6.45) is 0.203. The van der Waals surface area contributed by atoms with E-state index >= 15 is 0 Å². The molecule has 1 atom stereocenters. The highest BCUT2D eigenvalue weighted by Crippen LogP contribution is 2.20. The zero-order valence-corrected chi connectivity index (χ0v) is 17.1. The number of carbonyl (C=O) groups is 5. The van der Waals surface area contributed by atoms with Gasteiger partial charge in [-0.1, -0.05) is 0 Å². The second kappa shape index (κ2) is 9.68. The first kappa shape index (κ1) is 22.6. The summed E-state index contributed by atoms with van der Waals surface area (Å²) in [6, 6.07) is 2.97. The number of ether oxygens (including phenoxy) is 1. The van der Waals surface area contributed by atoms with Crippen molar-refractivity contribution in [1.82, 2.24) is 15.6 Å². The monoisotopic (exact) mass is 417 g/mol. The third-order valence-corrected chi connectivity index (χ3v) is 4.30. The van der Waals surface area contributed by atoms with Crippen molar-refractivity contribution in [3.63, 3.8) is 0 Å². The summed E-state index contributed by atoms with van der Waals surface area (Å²) < 4.78 is 9.94. The van der Waals surface area contributed by atoms with E-state index in [2.05, 4.69) is 15.6 Å². The highest BCUT2D eigenvalue weighted by atomic mass is 16.5. The fraction of sp³-hybridized carbons (Fsp3) is 0.350. The predicted molar refractivity (Wildman–Crippen MR) is 104 cm³/mol. The topological polar surface area (TPSA) is 148 Å². The molecule has 0 bridgehead atoms. The molecule has 0 unspecified atom stereocenters. The van der Waals surface area contributed by atoms with E-state index in [9.17, 15) is 24.0 Å². The highest BCUT2D eigenvalue weighted by Gasteiger charge is 2.26. The van der Waals surface area contributed by atoms with Crippen LogP contribution in [0, 0.1) is 13.8 Å². The van der Waals surface area contributed by atoms with Gasteiger partial charge in [0.2, 0.25) is 11.7 Å². The summed E-state index contributed by atoms with van der Waals surface area (Å²) in [5.74, 6) is -2.63. The molecule has 2 aromatic heterocycles. The highest BCUT2D eigenvalue weighted by molar-refractivity contribution is 6.05. The number of furan rings is 1. The van der Waals surface area contributed by atoms with Crippen LogP contribution in [0.5, 0.6) is 0 Å². The van der Waals surface area contributed by atoms with Gasteiger partial charge in [0, 0.05) is 11.3 Å². The van der Waals surface area contributed by atoms with Crippen molar-refractivity contribution in [1.29, 1.82) is 0 Å². The first-order chi connectivity index (χ1) is 14.1. The molecule has 0 radical (unpaired) electrons. The number of ketones is 2. The van der Waals surface area contributed by atoms with Crippen LogP contribution in [0.15, 0.2) is 22.8 Å². The number of amides is 2. The van der Waals surface area contributed by atoms with Gasteiger partial charge in [-0.25, -0.2) is 0 Å². The second-order valence-electron chi connectivity index (χ2n) is 6.61. The Balaban J connectivity index is 1.82. The van der Waals surface area contributed by atoms with E-state index in [0.717, 1.165) is 0 Å². The van der Waals surface area contributed by atoms with Crippen molar-refractivity contribution in [2.45, 2.75) is 33.8 Å². The number of Topliss-reactive ketones (excluding diaryl/α,β-unsaturated/α-hetero) is 2. The summed E-state index contributed by atoms with van der Waals surface area (Å²) in [7, 11) is 0. The summed E-state index contributed by atoms with van der Waals surface area (Å²) in [6.45, 7) is 5.27. The summed E-state index contributed by atoms with van der Waals surface area (Å²) in [5, 5.41) is 4.61. The van der Waals surface area contributed by atoms with Crippen molar-refractivity contribution in [2.24, 2.45) is 0 Å². The number of rotatable bonds is 9. The van der Waals surface area contributed by atoms with Crippen molar-refractivity contribution < 1.29 is 33.1 Å². The number of hydrogen-bond donors (Lipinski definition) is 3. The molecule has 2 rings (SSSR count). The van der Waals surface area contributed by atoms with Crippen molar-refractivity contribution >= 4 is 29.4 Å². The lowest BCUT2D eigenvalue weighted by atomic mass is 10.0. The molecule has 0 saturated carbocycles. The standard InChI is InChI=1S/C20H23N3O7/c1-10-17(12(3)24)11(2)23-18(10)19(27)13(4)30-16(26)9-21-15(25)8-22-20(28)14-6-5-7-29-14/h5-7,13,23H,8-9H2,1-4H3,(H,21,25)(H,22,28)/t13-/m1/s1. The Kier molecular flexibility index (Phi) is 7.29. The van der Waals surface area contributed by atoms with Crippen LogP contribution in [0.4, 0.5) is 0 Å². The number of H-pyrrole nitrogens is 1. The Morgan fingerprint density at radius 1 is 1.13 bits per heavy atom. The smallest absolute Gasteiger partial charge is 0.326 e. The van der Waals surface area contributed by atoms with E-state index in [1.165, 1.54) is 32.2 Å². The lowest BCUT2D eigenvalue weighted by Crippen LogP contribution is -2.40. The molecule has 0 spiro atoms. The van der Waals surface area contributed by atoms with Gasteiger partial charge in [0.1, 0.15) is 6.54 Å². The quantitative estimate of drug-likeness (QED) is 0.408. The van der Waals surface area contributed by atoms with Crippen LogP contribution in [-0.4, -0.2) is 53.5 Å². The molecule has 2 amide bonds. The number of nitrogens with one attached hydrogen (secondary N) is 3. The van der Waals surface area contributed by atoms with E-state index in [0.29, 0.717) is 16.8 Å². The average Bonchev–Trinajstić information content (AvgIpc) is 3.31. The molecule has 2 aromatic rings. The Bertz CT molecular complexity index is 973. The normalized spacial score (nSPS) is 11.5. The third-order valence-electron chi connectivity index (χ3n) is 4.30. The first-order valence-electron chi connectivity index (χ1n) is 9.14. The predicted octanol–water partition coefficient (Wildman–Crippen LogP) is 1.09. The van der Waals surface area contributed by atoms with Gasteiger partial charge < -0.3 is 24.8 Å². The van der Waals surface area contributed by atoms with Crippen LogP contribution in [0.25, 0.3) is 0 Å². The Morgan fingerprint density at radius 2 is 1.83 bits per heavy atom. The SMILES string of the molecule is CC(=O)c1c(C)[nH]c(C(=O)[C@@H](C)OC(=O)CNC(=O)CNC(=O)c2ccco2)c1C. The number of hydrogen-bond acceptors (Lipinski definition) is 7. The van der Waals surface area contributed by atoms with E-state index in [1.54, 1.807) is 13.8 Å². The fourth-order valence-corrected chi connectivity index (χ4v) is 2.91. The molecule has 0 aromatic carbocycles. The fourth-order valence-electron chi connectivity index (χ4n) is 2.91. The molecular formula is C20H23N3O7. The van der Waals surface area contributed by atoms with Gasteiger partial charge in [-0.05, 0) is 45.4 Å². The maximum atomic E-state index is 12.6. The van der Waals surface area contributed by atoms with Crippen LogP contribution >= 0.6 is 0 Å². The number of carbonyl (C=O) groups excluding carboxylic acids is 5.